The second-order valence-corrected chi connectivity index (χ2v) is 5.45. The fourth-order valence-corrected chi connectivity index (χ4v) is 2.27. The normalized spacial score (nSPS) is 11.5. The fourth-order valence-electron chi connectivity index (χ4n) is 2.01. The lowest BCUT2D eigenvalue weighted by molar-refractivity contribution is -0.139. The largest absolute Gasteiger partial charge is 0.480 e. The maximum Gasteiger partial charge on any atom is 0.326 e. The molecule has 0 radical (unpaired) electrons. The topological polar surface area (TPSA) is 61.4 Å². The molecule has 0 saturated heterocycles. The van der Waals surface area contributed by atoms with Crippen LogP contribution in [0.1, 0.15) is 11.1 Å². The second kappa shape index (κ2) is 7.56. The minimum atomic E-state index is -0.933. The molecule has 22 heavy (non-hydrogen) atoms. The number of carbonyl (C=O) groups is 1. The van der Waals surface area contributed by atoms with E-state index in [1.807, 2.05) is 61.5 Å². The third-order valence-corrected chi connectivity index (χ3v) is 3.42. The lowest BCUT2D eigenvalue weighted by Gasteiger charge is -2.17. The summed E-state index contributed by atoms with van der Waals surface area (Å²) in [6.45, 7) is 2.00. The number of anilines is 1. The van der Waals surface area contributed by atoms with Crippen LogP contribution in [0.5, 0.6) is 0 Å². The molecule has 2 aromatic carbocycles. The van der Waals surface area contributed by atoms with E-state index in [4.69, 9.17) is 12.2 Å². The number of hydrogen-bond acceptors (Lipinski definition) is 2. The summed E-state index contributed by atoms with van der Waals surface area (Å²) in [4.78, 5) is 11.4. The highest BCUT2D eigenvalue weighted by atomic mass is 32.1. The molecule has 0 unspecified atom stereocenters. The number of aryl methyl sites for hydroxylation is 1. The number of benzene rings is 2. The lowest BCUT2D eigenvalue weighted by atomic mass is 10.1. The molecule has 4 nitrogen and oxygen atoms in total. The number of hydrogen-bond donors (Lipinski definition) is 3. The fraction of sp³-hybridized carbons (Fsp3) is 0.176. The Morgan fingerprint density at radius 1 is 1.14 bits per heavy atom. The van der Waals surface area contributed by atoms with E-state index in [0.717, 1.165) is 16.8 Å². The van der Waals surface area contributed by atoms with E-state index in [1.165, 1.54) is 0 Å². The average Bonchev–Trinajstić information content (AvgIpc) is 2.50. The Labute approximate surface area is 135 Å². The smallest absolute Gasteiger partial charge is 0.326 e. The number of rotatable bonds is 5. The quantitative estimate of drug-likeness (QED) is 0.741. The first-order valence-electron chi connectivity index (χ1n) is 6.95. The van der Waals surface area contributed by atoms with Gasteiger partial charge in [-0.25, -0.2) is 4.79 Å². The first kappa shape index (κ1) is 16.0. The number of thiocarbonyl (C=S) groups is 1. The summed E-state index contributed by atoms with van der Waals surface area (Å²) in [6.07, 6.45) is 0.367. The van der Waals surface area contributed by atoms with E-state index in [-0.39, 0.29) is 0 Å². The van der Waals surface area contributed by atoms with Crippen LogP contribution in [0.3, 0.4) is 0 Å². The molecule has 0 amide bonds. The van der Waals surface area contributed by atoms with Gasteiger partial charge >= 0.3 is 5.97 Å². The summed E-state index contributed by atoms with van der Waals surface area (Å²) in [6, 6.07) is 16.4. The number of carboxylic acids is 1. The maximum atomic E-state index is 11.4. The minimum Gasteiger partial charge on any atom is -0.480 e. The zero-order valence-electron chi connectivity index (χ0n) is 12.2. The molecular weight excluding hydrogens is 296 g/mol. The van der Waals surface area contributed by atoms with Crippen LogP contribution in [0.25, 0.3) is 0 Å². The van der Waals surface area contributed by atoms with E-state index in [9.17, 15) is 9.90 Å². The van der Waals surface area contributed by atoms with Gasteiger partial charge < -0.3 is 15.7 Å². The molecule has 0 aliphatic heterocycles. The highest BCUT2D eigenvalue weighted by Crippen LogP contribution is 2.09. The zero-order chi connectivity index (χ0) is 15.9. The van der Waals surface area contributed by atoms with Gasteiger partial charge in [0.25, 0.3) is 0 Å². The summed E-state index contributed by atoms with van der Waals surface area (Å²) in [5.74, 6) is -0.933. The van der Waals surface area contributed by atoms with Gasteiger partial charge in [0.2, 0.25) is 0 Å². The standard InChI is InChI=1S/C17H18N2O2S/c1-12-7-9-14(10-8-12)18-17(22)19-15(16(20)21)11-13-5-3-2-4-6-13/h2-10,15H,11H2,1H3,(H,20,21)(H2,18,19,22)/t15-/m0/s1. The van der Waals surface area contributed by atoms with Crippen molar-refractivity contribution in [2.75, 3.05) is 5.32 Å². The molecule has 0 aliphatic rings. The molecule has 0 heterocycles. The predicted octanol–water partition coefficient (Wildman–Crippen LogP) is 2.98. The first-order valence-corrected chi connectivity index (χ1v) is 7.36. The summed E-state index contributed by atoms with van der Waals surface area (Å²) in [5.41, 5.74) is 2.92. The molecule has 5 heteroatoms. The molecule has 0 bridgehead atoms. The van der Waals surface area contributed by atoms with Gasteiger partial charge in [-0.1, -0.05) is 48.0 Å². The molecule has 2 rings (SSSR count). The van der Waals surface area contributed by atoms with Gasteiger partial charge in [0.05, 0.1) is 0 Å². The van der Waals surface area contributed by atoms with Crippen molar-refractivity contribution in [2.45, 2.75) is 19.4 Å². The SMILES string of the molecule is Cc1ccc(NC(=S)N[C@@H](Cc2ccccc2)C(=O)O)cc1. The van der Waals surface area contributed by atoms with Crippen LogP contribution in [0, 0.1) is 6.92 Å². The molecular formula is C17H18N2O2S. The molecule has 0 aromatic heterocycles. The van der Waals surface area contributed by atoms with Crippen molar-refractivity contribution < 1.29 is 9.90 Å². The van der Waals surface area contributed by atoms with Gasteiger partial charge in [-0.2, -0.15) is 0 Å². The van der Waals surface area contributed by atoms with Crippen molar-refractivity contribution in [1.82, 2.24) is 5.32 Å². The highest BCUT2D eigenvalue weighted by Gasteiger charge is 2.18. The molecule has 0 aliphatic carbocycles. The third-order valence-electron chi connectivity index (χ3n) is 3.20. The van der Waals surface area contributed by atoms with E-state index in [2.05, 4.69) is 10.6 Å². The molecule has 1 atom stereocenters. The Balaban J connectivity index is 1.97. The van der Waals surface area contributed by atoms with E-state index >= 15 is 0 Å². The number of carboxylic acid groups (broad SMARTS) is 1. The Kier molecular flexibility index (Phi) is 5.49. The Morgan fingerprint density at radius 2 is 1.77 bits per heavy atom. The van der Waals surface area contributed by atoms with Crippen molar-refractivity contribution in [1.29, 1.82) is 0 Å². The predicted molar refractivity (Wildman–Crippen MR) is 92.1 cm³/mol. The summed E-state index contributed by atoms with van der Waals surface area (Å²) in [5, 5.41) is 15.5. The number of nitrogens with one attached hydrogen (secondary N) is 2. The van der Waals surface area contributed by atoms with Gasteiger partial charge in [0.1, 0.15) is 6.04 Å². The maximum absolute atomic E-state index is 11.4. The Bertz CT molecular complexity index is 641. The minimum absolute atomic E-state index is 0.298. The van der Waals surface area contributed by atoms with Crippen LogP contribution in [0.15, 0.2) is 54.6 Å². The van der Waals surface area contributed by atoms with Gasteiger partial charge in [-0.15, -0.1) is 0 Å². The van der Waals surface area contributed by atoms with Crippen molar-refractivity contribution >= 4 is 29.0 Å². The summed E-state index contributed by atoms with van der Waals surface area (Å²) < 4.78 is 0. The van der Waals surface area contributed by atoms with Crippen LogP contribution in [0.2, 0.25) is 0 Å². The van der Waals surface area contributed by atoms with E-state index < -0.39 is 12.0 Å². The summed E-state index contributed by atoms with van der Waals surface area (Å²) >= 11 is 5.20. The van der Waals surface area contributed by atoms with Gasteiger partial charge in [-0.05, 0) is 36.8 Å². The van der Waals surface area contributed by atoms with Gasteiger partial charge in [-0.3, -0.25) is 0 Å². The van der Waals surface area contributed by atoms with Crippen LogP contribution < -0.4 is 10.6 Å². The Hall–Kier alpha value is -2.40. The molecule has 0 spiro atoms. The molecule has 3 N–H and O–H groups in total. The Morgan fingerprint density at radius 3 is 2.36 bits per heavy atom. The first-order chi connectivity index (χ1) is 10.5. The van der Waals surface area contributed by atoms with Crippen LogP contribution >= 0.6 is 12.2 Å². The number of aliphatic carboxylic acids is 1. The van der Waals surface area contributed by atoms with E-state index in [1.54, 1.807) is 0 Å². The molecule has 0 fully saturated rings. The van der Waals surface area contributed by atoms with Crippen LogP contribution in [-0.2, 0) is 11.2 Å². The second-order valence-electron chi connectivity index (χ2n) is 5.05. The van der Waals surface area contributed by atoms with Gasteiger partial charge in [0.15, 0.2) is 5.11 Å². The summed E-state index contributed by atoms with van der Waals surface area (Å²) in [7, 11) is 0. The van der Waals surface area contributed by atoms with Crippen LogP contribution in [-0.4, -0.2) is 22.2 Å². The van der Waals surface area contributed by atoms with Crippen molar-refractivity contribution in [3.63, 3.8) is 0 Å². The van der Waals surface area contributed by atoms with Gasteiger partial charge in [0, 0.05) is 12.1 Å². The van der Waals surface area contributed by atoms with Crippen molar-refractivity contribution in [3.8, 4) is 0 Å². The lowest BCUT2D eigenvalue weighted by Crippen LogP contribution is -2.44. The van der Waals surface area contributed by atoms with Crippen molar-refractivity contribution in [2.24, 2.45) is 0 Å². The highest BCUT2D eigenvalue weighted by molar-refractivity contribution is 7.80. The molecule has 2 aromatic rings. The monoisotopic (exact) mass is 314 g/mol. The zero-order valence-corrected chi connectivity index (χ0v) is 13.1. The average molecular weight is 314 g/mol. The van der Waals surface area contributed by atoms with E-state index in [0.29, 0.717) is 11.5 Å². The van der Waals surface area contributed by atoms with Crippen LogP contribution in [0.4, 0.5) is 5.69 Å². The third kappa shape index (κ3) is 4.86. The molecule has 114 valence electrons. The van der Waals surface area contributed by atoms with Crippen molar-refractivity contribution in [3.05, 3.63) is 65.7 Å². The molecule has 0 saturated carbocycles.